The fourth-order valence-electron chi connectivity index (χ4n) is 3.34. The second-order valence-corrected chi connectivity index (χ2v) is 7.98. The quantitative estimate of drug-likeness (QED) is 0.628. The lowest BCUT2D eigenvalue weighted by Gasteiger charge is -2.24. The molecule has 1 nitrogen and oxygen atoms in total. The van der Waals surface area contributed by atoms with Gasteiger partial charge in [0, 0.05) is 4.90 Å². The third-order valence-corrected chi connectivity index (χ3v) is 5.57. The van der Waals surface area contributed by atoms with Gasteiger partial charge in [0.2, 0.25) is 0 Å². The largest absolute Gasteiger partial charge is 0.316 e. The van der Waals surface area contributed by atoms with E-state index in [0.717, 1.165) is 24.3 Å². The molecule has 0 aliphatic heterocycles. The van der Waals surface area contributed by atoms with Crippen LogP contribution in [0, 0.1) is 17.8 Å². The molecule has 2 heteroatoms. The third-order valence-electron chi connectivity index (χ3n) is 4.53. The van der Waals surface area contributed by atoms with Crippen molar-refractivity contribution in [3.8, 4) is 0 Å². The molecule has 0 bridgehead atoms. The van der Waals surface area contributed by atoms with Crippen LogP contribution in [0.25, 0.3) is 0 Å². The Hall–Kier alpha value is -0.470. The summed E-state index contributed by atoms with van der Waals surface area (Å²) in [6.07, 6.45) is 7.19. The van der Waals surface area contributed by atoms with Crippen LogP contribution in [-0.2, 0) is 0 Å². The van der Waals surface area contributed by atoms with Crippen molar-refractivity contribution in [2.75, 3.05) is 18.8 Å². The van der Waals surface area contributed by atoms with Gasteiger partial charge < -0.3 is 5.32 Å². The highest BCUT2D eigenvalue weighted by atomic mass is 32.2. The van der Waals surface area contributed by atoms with Crippen molar-refractivity contribution in [2.24, 2.45) is 17.8 Å². The van der Waals surface area contributed by atoms with Gasteiger partial charge in [-0.25, -0.2) is 0 Å². The van der Waals surface area contributed by atoms with Crippen molar-refractivity contribution < 1.29 is 0 Å². The van der Waals surface area contributed by atoms with Gasteiger partial charge in [-0.15, -0.1) is 11.8 Å². The maximum absolute atomic E-state index is 3.70. The van der Waals surface area contributed by atoms with Crippen molar-refractivity contribution in [2.45, 2.75) is 50.8 Å². The van der Waals surface area contributed by atoms with Crippen LogP contribution in [-0.4, -0.2) is 18.8 Å². The summed E-state index contributed by atoms with van der Waals surface area (Å²) >= 11 is 2.02. The average Bonchev–Trinajstić information content (AvgIpc) is 3.00. The molecule has 2 rings (SSSR count). The van der Waals surface area contributed by atoms with E-state index in [2.05, 4.69) is 49.5 Å². The first-order chi connectivity index (χ1) is 10.3. The Morgan fingerprint density at radius 2 is 1.81 bits per heavy atom. The maximum atomic E-state index is 3.70. The smallest absolute Gasteiger partial charge is 0.00719 e. The van der Waals surface area contributed by atoms with Crippen molar-refractivity contribution in [3.05, 3.63) is 30.3 Å². The summed E-state index contributed by atoms with van der Waals surface area (Å²) < 4.78 is 0. The summed E-state index contributed by atoms with van der Waals surface area (Å²) in [7, 11) is 0. The van der Waals surface area contributed by atoms with E-state index in [0.29, 0.717) is 0 Å². The van der Waals surface area contributed by atoms with E-state index in [-0.39, 0.29) is 0 Å². The number of hydrogen-bond acceptors (Lipinski definition) is 2. The monoisotopic (exact) mass is 305 g/mol. The minimum absolute atomic E-state index is 0.757. The molecule has 0 radical (unpaired) electrons. The van der Waals surface area contributed by atoms with Gasteiger partial charge in [-0.2, -0.15) is 0 Å². The minimum atomic E-state index is 0.757. The highest BCUT2D eigenvalue weighted by Crippen LogP contribution is 2.34. The summed E-state index contributed by atoms with van der Waals surface area (Å²) in [4.78, 5) is 1.41. The SMILES string of the molecule is CC(C)CNCC(CCSc1ccccc1)C1CCCC1. The number of benzene rings is 1. The van der Waals surface area contributed by atoms with Gasteiger partial charge >= 0.3 is 0 Å². The molecule has 1 aliphatic carbocycles. The standard InChI is InChI=1S/C19H31NS/c1-16(2)14-20-15-18(17-8-6-7-9-17)12-13-21-19-10-4-3-5-11-19/h3-5,10-11,16-18,20H,6-9,12-15H2,1-2H3. The lowest BCUT2D eigenvalue weighted by molar-refractivity contribution is 0.311. The van der Waals surface area contributed by atoms with Crippen LogP contribution in [0.2, 0.25) is 0 Å². The second kappa shape index (κ2) is 9.53. The molecule has 21 heavy (non-hydrogen) atoms. The molecule has 118 valence electrons. The van der Waals surface area contributed by atoms with Crippen LogP contribution in [0.4, 0.5) is 0 Å². The summed E-state index contributed by atoms with van der Waals surface area (Å²) in [6, 6.07) is 10.8. The topological polar surface area (TPSA) is 12.0 Å². The molecule has 1 aromatic rings. The van der Waals surface area contributed by atoms with E-state index in [1.807, 2.05) is 11.8 Å². The first-order valence-corrected chi connectivity index (χ1v) is 9.63. The van der Waals surface area contributed by atoms with Gasteiger partial charge in [0.05, 0.1) is 0 Å². The second-order valence-electron chi connectivity index (χ2n) is 6.81. The predicted octanol–water partition coefficient (Wildman–Crippen LogP) is 5.22. The van der Waals surface area contributed by atoms with E-state index in [1.54, 1.807) is 0 Å². The Morgan fingerprint density at radius 3 is 2.48 bits per heavy atom. The molecule has 0 saturated heterocycles. The maximum Gasteiger partial charge on any atom is 0.00719 e. The zero-order chi connectivity index (χ0) is 14.9. The first kappa shape index (κ1) is 16.9. The normalized spacial score (nSPS) is 17.5. The van der Waals surface area contributed by atoms with Gasteiger partial charge in [0.25, 0.3) is 0 Å². The van der Waals surface area contributed by atoms with Crippen LogP contribution >= 0.6 is 11.8 Å². The van der Waals surface area contributed by atoms with Crippen LogP contribution in [0.3, 0.4) is 0 Å². The molecule has 1 aliphatic rings. The Morgan fingerprint density at radius 1 is 1.10 bits per heavy atom. The summed E-state index contributed by atoms with van der Waals surface area (Å²) in [5, 5.41) is 3.70. The minimum Gasteiger partial charge on any atom is -0.316 e. The Balaban J connectivity index is 1.75. The first-order valence-electron chi connectivity index (χ1n) is 8.64. The van der Waals surface area contributed by atoms with Gasteiger partial charge in [-0.3, -0.25) is 0 Å². The fourth-order valence-corrected chi connectivity index (χ4v) is 4.34. The lowest BCUT2D eigenvalue weighted by atomic mass is 9.88. The zero-order valence-corrected chi connectivity index (χ0v) is 14.5. The molecule has 1 fully saturated rings. The van der Waals surface area contributed by atoms with Gasteiger partial charge in [0.1, 0.15) is 0 Å². The van der Waals surface area contributed by atoms with E-state index in [9.17, 15) is 0 Å². The molecule has 1 unspecified atom stereocenters. The number of rotatable bonds is 9. The Bertz CT molecular complexity index is 370. The van der Waals surface area contributed by atoms with Gasteiger partial charge in [-0.1, -0.05) is 57.7 Å². The number of nitrogens with one attached hydrogen (secondary N) is 1. The molecule has 1 atom stereocenters. The van der Waals surface area contributed by atoms with E-state index in [4.69, 9.17) is 0 Å². The van der Waals surface area contributed by atoms with Gasteiger partial charge in [-0.05, 0) is 55.1 Å². The molecule has 1 aromatic carbocycles. The van der Waals surface area contributed by atoms with E-state index >= 15 is 0 Å². The summed E-state index contributed by atoms with van der Waals surface area (Å²) in [6.45, 7) is 6.97. The molecular formula is C19H31NS. The summed E-state index contributed by atoms with van der Waals surface area (Å²) in [5.41, 5.74) is 0. The Kier molecular flexibility index (Phi) is 7.66. The number of hydrogen-bond donors (Lipinski definition) is 1. The molecular weight excluding hydrogens is 274 g/mol. The molecule has 0 aromatic heterocycles. The molecule has 0 spiro atoms. The molecule has 0 amide bonds. The van der Waals surface area contributed by atoms with Crippen LogP contribution in [0.15, 0.2) is 35.2 Å². The summed E-state index contributed by atoms with van der Waals surface area (Å²) in [5.74, 6) is 3.87. The van der Waals surface area contributed by atoms with Crippen molar-refractivity contribution in [1.82, 2.24) is 5.32 Å². The van der Waals surface area contributed by atoms with Crippen LogP contribution in [0.5, 0.6) is 0 Å². The fraction of sp³-hybridized carbons (Fsp3) is 0.684. The molecule has 1 N–H and O–H groups in total. The van der Waals surface area contributed by atoms with Gasteiger partial charge in [0.15, 0.2) is 0 Å². The van der Waals surface area contributed by atoms with Crippen LogP contribution in [0.1, 0.15) is 46.0 Å². The third kappa shape index (κ3) is 6.44. The average molecular weight is 306 g/mol. The van der Waals surface area contributed by atoms with E-state index < -0.39 is 0 Å². The highest BCUT2D eigenvalue weighted by molar-refractivity contribution is 7.99. The van der Waals surface area contributed by atoms with Crippen molar-refractivity contribution >= 4 is 11.8 Å². The van der Waals surface area contributed by atoms with Crippen molar-refractivity contribution in [1.29, 1.82) is 0 Å². The zero-order valence-electron chi connectivity index (χ0n) is 13.7. The van der Waals surface area contributed by atoms with E-state index in [1.165, 1.54) is 49.3 Å². The molecule has 0 heterocycles. The van der Waals surface area contributed by atoms with Crippen molar-refractivity contribution in [3.63, 3.8) is 0 Å². The predicted molar refractivity (Wildman–Crippen MR) is 94.9 cm³/mol. The van der Waals surface area contributed by atoms with Crippen LogP contribution < -0.4 is 5.32 Å². The lowest BCUT2D eigenvalue weighted by Crippen LogP contribution is -2.30. The highest BCUT2D eigenvalue weighted by Gasteiger charge is 2.24. The number of thioether (sulfide) groups is 1. The molecule has 1 saturated carbocycles. The Labute approximate surface area is 135 Å².